The Hall–Kier alpha value is -2.01. The molecule has 1 saturated carbocycles. The fraction of sp³-hybridized carbons (Fsp3) is 0.500. The van der Waals surface area contributed by atoms with E-state index in [0.29, 0.717) is 11.5 Å². The van der Waals surface area contributed by atoms with Crippen LogP contribution < -0.4 is 20.5 Å². The summed E-state index contributed by atoms with van der Waals surface area (Å²) in [5.74, 6) is 1.09. The third kappa shape index (κ3) is 5.28. The van der Waals surface area contributed by atoms with Crippen molar-refractivity contribution in [1.82, 2.24) is 5.32 Å². The highest BCUT2D eigenvalue weighted by molar-refractivity contribution is 5.78. The van der Waals surface area contributed by atoms with Gasteiger partial charge >= 0.3 is 0 Å². The molecule has 5 nitrogen and oxygen atoms in total. The van der Waals surface area contributed by atoms with Gasteiger partial charge in [-0.05, 0) is 49.8 Å². The molecule has 3 N–H and O–H groups in total. The van der Waals surface area contributed by atoms with Crippen LogP contribution in [0.4, 0.5) is 0 Å². The van der Waals surface area contributed by atoms with E-state index in [9.17, 15) is 4.79 Å². The standard InChI is InChI=1S/C18H26N2O3/c1-3-4-13-5-10-16(17(11-13)22-2)23-12-18(21)20-15-8-6-14(19)7-9-15/h3,5,10-11,14-15H,1,4,6-9,12,19H2,2H3,(H,20,21). The van der Waals surface area contributed by atoms with Gasteiger partial charge in [-0.15, -0.1) is 6.58 Å². The van der Waals surface area contributed by atoms with Gasteiger partial charge in [0.05, 0.1) is 7.11 Å². The molecule has 1 fully saturated rings. The molecule has 0 heterocycles. The van der Waals surface area contributed by atoms with Crippen molar-refractivity contribution in [3.8, 4) is 11.5 Å². The van der Waals surface area contributed by atoms with Crippen LogP contribution in [0.2, 0.25) is 0 Å². The van der Waals surface area contributed by atoms with Gasteiger partial charge in [0.1, 0.15) is 0 Å². The van der Waals surface area contributed by atoms with Crippen LogP contribution in [0, 0.1) is 0 Å². The van der Waals surface area contributed by atoms with E-state index >= 15 is 0 Å². The van der Waals surface area contributed by atoms with Crippen LogP contribution >= 0.6 is 0 Å². The Labute approximate surface area is 137 Å². The van der Waals surface area contributed by atoms with Crippen molar-refractivity contribution < 1.29 is 14.3 Å². The smallest absolute Gasteiger partial charge is 0.258 e. The number of allylic oxidation sites excluding steroid dienone is 1. The SMILES string of the molecule is C=CCc1ccc(OCC(=O)NC2CCC(N)CC2)c(OC)c1. The zero-order valence-corrected chi connectivity index (χ0v) is 13.7. The molecule has 1 amide bonds. The number of carbonyl (C=O) groups is 1. The number of benzene rings is 1. The second-order valence-corrected chi connectivity index (χ2v) is 5.95. The molecule has 1 aromatic carbocycles. The van der Waals surface area contributed by atoms with Crippen molar-refractivity contribution in [2.45, 2.75) is 44.2 Å². The maximum atomic E-state index is 12.0. The first-order valence-electron chi connectivity index (χ1n) is 8.08. The highest BCUT2D eigenvalue weighted by Gasteiger charge is 2.20. The monoisotopic (exact) mass is 318 g/mol. The van der Waals surface area contributed by atoms with E-state index in [-0.39, 0.29) is 24.6 Å². The molecular formula is C18H26N2O3. The van der Waals surface area contributed by atoms with Crippen molar-refractivity contribution in [1.29, 1.82) is 0 Å². The minimum absolute atomic E-state index is 0.0142. The molecule has 1 aliphatic carbocycles. The number of nitrogens with one attached hydrogen (secondary N) is 1. The van der Waals surface area contributed by atoms with Crippen LogP contribution in [-0.4, -0.2) is 31.7 Å². The van der Waals surface area contributed by atoms with Gasteiger partial charge in [0.15, 0.2) is 18.1 Å². The average molecular weight is 318 g/mol. The molecule has 1 aliphatic rings. The van der Waals surface area contributed by atoms with E-state index < -0.39 is 0 Å². The zero-order chi connectivity index (χ0) is 16.7. The maximum absolute atomic E-state index is 12.0. The summed E-state index contributed by atoms with van der Waals surface area (Å²) in [4.78, 5) is 12.0. The summed E-state index contributed by atoms with van der Waals surface area (Å²) in [5.41, 5.74) is 6.96. The molecule has 0 atom stereocenters. The van der Waals surface area contributed by atoms with Gasteiger partial charge in [-0.3, -0.25) is 4.79 Å². The molecule has 0 unspecified atom stereocenters. The summed E-state index contributed by atoms with van der Waals surface area (Å²) in [7, 11) is 1.59. The summed E-state index contributed by atoms with van der Waals surface area (Å²) in [6, 6.07) is 6.16. The molecule has 0 bridgehead atoms. The third-order valence-corrected chi connectivity index (χ3v) is 4.10. The summed E-state index contributed by atoms with van der Waals surface area (Å²) >= 11 is 0. The van der Waals surface area contributed by atoms with Gasteiger partial charge in [0, 0.05) is 12.1 Å². The Morgan fingerprint density at radius 2 is 2.09 bits per heavy atom. The largest absolute Gasteiger partial charge is 0.493 e. The fourth-order valence-electron chi connectivity index (χ4n) is 2.80. The second kappa shape index (κ2) is 8.58. The van der Waals surface area contributed by atoms with Crippen LogP contribution in [0.5, 0.6) is 11.5 Å². The van der Waals surface area contributed by atoms with Gasteiger partial charge in [0.2, 0.25) is 0 Å². The van der Waals surface area contributed by atoms with Gasteiger partial charge in [-0.1, -0.05) is 12.1 Å². The number of hydrogen-bond acceptors (Lipinski definition) is 4. The van der Waals surface area contributed by atoms with Crippen LogP contribution in [0.15, 0.2) is 30.9 Å². The molecule has 126 valence electrons. The molecule has 23 heavy (non-hydrogen) atoms. The second-order valence-electron chi connectivity index (χ2n) is 5.95. The van der Waals surface area contributed by atoms with Crippen LogP contribution in [-0.2, 0) is 11.2 Å². The molecule has 0 aromatic heterocycles. The minimum Gasteiger partial charge on any atom is -0.493 e. The summed E-state index contributed by atoms with van der Waals surface area (Å²) < 4.78 is 10.9. The van der Waals surface area contributed by atoms with E-state index in [1.165, 1.54) is 0 Å². The topological polar surface area (TPSA) is 73.6 Å². The van der Waals surface area contributed by atoms with Crippen LogP contribution in [0.1, 0.15) is 31.2 Å². The van der Waals surface area contributed by atoms with Crippen molar-refractivity contribution in [3.63, 3.8) is 0 Å². The number of nitrogens with two attached hydrogens (primary N) is 1. The molecule has 2 rings (SSSR count). The van der Waals surface area contributed by atoms with Crippen LogP contribution in [0.3, 0.4) is 0 Å². The Morgan fingerprint density at radius 1 is 1.35 bits per heavy atom. The van der Waals surface area contributed by atoms with E-state index in [4.69, 9.17) is 15.2 Å². The number of ether oxygens (including phenoxy) is 2. The number of hydrogen-bond donors (Lipinski definition) is 2. The van der Waals surface area contributed by atoms with E-state index in [2.05, 4.69) is 11.9 Å². The highest BCUT2D eigenvalue weighted by Crippen LogP contribution is 2.28. The first-order chi connectivity index (χ1) is 11.1. The van der Waals surface area contributed by atoms with Gasteiger partial charge in [-0.2, -0.15) is 0 Å². The lowest BCUT2D eigenvalue weighted by atomic mass is 9.92. The first kappa shape index (κ1) is 17.3. The Kier molecular flexibility index (Phi) is 6.47. The van der Waals surface area contributed by atoms with Gasteiger partial charge < -0.3 is 20.5 Å². The number of methoxy groups -OCH3 is 1. The summed E-state index contributed by atoms with van der Waals surface area (Å²) in [6.45, 7) is 3.71. The fourth-order valence-corrected chi connectivity index (χ4v) is 2.80. The lowest BCUT2D eigenvalue weighted by molar-refractivity contribution is -0.124. The molecular weight excluding hydrogens is 292 g/mol. The lowest BCUT2D eigenvalue weighted by Gasteiger charge is -2.26. The minimum atomic E-state index is -0.109. The Bertz CT molecular complexity index is 537. The summed E-state index contributed by atoms with van der Waals surface area (Å²) in [6.07, 6.45) is 6.40. The first-order valence-corrected chi connectivity index (χ1v) is 8.08. The van der Waals surface area contributed by atoms with Gasteiger partial charge in [0.25, 0.3) is 5.91 Å². The van der Waals surface area contributed by atoms with Crippen molar-refractivity contribution in [2.24, 2.45) is 5.73 Å². The number of carbonyl (C=O) groups excluding carboxylic acids is 1. The molecule has 0 saturated heterocycles. The van der Waals surface area contributed by atoms with Crippen LogP contribution in [0.25, 0.3) is 0 Å². The highest BCUT2D eigenvalue weighted by atomic mass is 16.5. The summed E-state index contributed by atoms with van der Waals surface area (Å²) in [5, 5.41) is 3.01. The molecule has 0 spiro atoms. The molecule has 1 aromatic rings. The zero-order valence-electron chi connectivity index (χ0n) is 13.7. The van der Waals surface area contributed by atoms with Gasteiger partial charge in [-0.25, -0.2) is 0 Å². The Morgan fingerprint density at radius 3 is 2.74 bits per heavy atom. The lowest BCUT2D eigenvalue weighted by Crippen LogP contribution is -2.42. The van der Waals surface area contributed by atoms with E-state index in [1.807, 2.05) is 24.3 Å². The van der Waals surface area contributed by atoms with Crippen molar-refractivity contribution >= 4 is 5.91 Å². The van der Waals surface area contributed by atoms with Crippen molar-refractivity contribution in [3.05, 3.63) is 36.4 Å². The number of amides is 1. The van der Waals surface area contributed by atoms with E-state index in [1.54, 1.807) is 7.11 Å². The predicted molar refractivity (Wildman–Crippen MR) is 90.8 cm³/mol. The molecule has 0 aliphatic heterocycles. The average Bonchev–Trinajstić information content (AvgIpc) is 2.56. The molecule has 0 radical (unpaired) electrons. The Balaban J connectivity index is 1.84. The predicted octanol–water partition coefficient (Wildman–Crippen LogP) is 2.19. The maximum Gasteiger partial charge on any atom is 0.258 e. The quantitative estimate of drug-likeness (QED) is 0.756. The third-order valence-electron chi connectivity index (χ3n) is 4.10. The van der Waals surface area contributed by atoms with E-state index in [0.717, 1.165) is 37.7 Å². The van der Waals surface area contributed by atoms with Crippen molar-refractivity contribution in [2.75, 3.05) is 13.7 Å². The number of rotatable bonds is 7. The molecule has 5 heteroatoms. The normalized spacial score (nSPS) is 20.6.